The minimum atomic E-state index is -1.02. The van der Waals surface area contributed by atoms with Gasteiger partial charge in [-0.3, -0.25) is 4.79 Å². The molecular formula is C12H22N2O3. The minimum Gasteiger partial charge on any atom is -0.480 e. The number of carbonyl (C=O) groups is 2. The third-order valence-corrected chi connectivity index (χ3v) is 3.65. The first kappa shape index (κ1) is 13.8. The van der Waals surface area contributed by atoms with Crippen LogP contribution in [-0.2, 0) is 4.79 Å². The van der Waals surface area contributed by atoms with Gasteiger partial charge in [-0.25, -0.2) is 4.79 Å². The number of urea groups is 1. The maximum absolute atomic E-state index is 11.5. The number of hydrogen-bond donors (Lipinski definition) is 3. The van der Waals surface area contributed by atoms with Gasteiger partial charge >= 0.3 is 12.0 Å². The highest BCUT2D eigenvalue weighted by Gasteiger charge is 2.26. The fourth-order valence-electron chi connectivity index (χ4n) is 2.16. The smallest absolute Gasteiger partial charge is 0.325 e. The van der Waals surface area contributed by atoms with Gasteiger partial charge in [0.15, 0.2) is 0 Å². The predicted octanol–water partition coefficient (Wildman–Crippen LogP) is 1.58. The Bertz CT molecular complexity index is 293. The summed E-state index contributed by atoms with van der Waals surface area (Å²) in [6.45, 7) is 5.87. The number of nitrogens with one attached hydrogen (secondary N) is 2. The van der Waals surface area contributed by atoms with Gasteiger partial charge < -0.3 is 15.7 Å². The molecule has 2 amide bonds. The third kappa shape index (κ3) is 4.24. The first-order valence-electron chi connectivity index (χ1n) is 6.20. The zero-order valence-corrected chi connectivity index (χ0v) is 10.7. The van der Waals surface area contributed by atoms with Gasteiger partial charge in [0, 0.05) is 6.04 Å². The van der Waals surface area contributed by atoms with Gasteiger partial charge in [0.25, 0.3) is 0 Å². The van der Waals surface area contributed by atoms with Crippen molar-refractivity contribution in [2.75, 3.05) is 0 Å². The molecular weight excluding hydrogens is 220 g/mol. The Morgan fingerprint density at radius 2 is 1.88 bits per heavy atom. The molecule has 0 aromatic rings. The van der Waals surface area contributed by atoms with Crippen molar-refractivity contribution < 1.29 is 14.7 Å². The number of carboxylic acid groups (broad SMARTS) is 1. The summed E-state index contributed by atoms with van der Waals surface area (Å²) in [6, 6.07) is -1.07. The molecule has 98 valence electrons. The number of aliphatic carboxylic acids is 1. The van der Waals surface area contributed by atoms with E-state index in [-0.39, 0.29) is 12.1 Å². The van der Waals surface area contributed by atoms with E-state index < -0.39 is 12.0 Å². The van der Waals surface area contributed by atoms with Crippen LogP contribution in [0.4, 0.5) is 4.79 Å². The van der Waals surface area contributed by atoms with Crippen molar-refractivity contribution in [3.05, 3.63) is 0 Å². The van der Waals surface area contributed by atoms with Gasteiger partial charge in [-0.2, -0.15) is 0 Å². The zero-order chi connectivity index (χ0) is 13.0. The maximum atomic E-state index is 11.5. The first-order valence-corrected chi connectivity index (χ1v) is 6.20. The van der Waals surface area contributed by atoms with Crippen molar-refractivity contribution in [3.8, 4) is 0 Å². The second-order valence-corrected chi connectivity index (χ2v) is 5.14. The lowest BCUT2D eigenvalue weighted by molar-refractivity contribution is -0.138. The average Bonchev–Trinajstić information content (AvgIpc) is 2.23. The van der Waals surface area contributed by atoms with Crippen molar-refractivity contribution in [2.45, 2.75) is 52.1 Å². The monoisotopic (exact) mass is 242 g/mol. The quantitative estimate of drug-likeness (QED) is 0.703. The summed E-state index contributed by atoms with van der Waals surface area (Å²) in [7, 11) is 0. The largest absolute Gasteiger partial charge is 0.480 e. The molecule has 1 rings (SSSR count). The van der Waals surface area contributed by atoms with Crippen LogP contribution in [0.2, 0.25) is 0 Å². The predicted molar refractivity (Wildman–Crippen MR) is 64.7 cm³/mol. The van der Waals surface area contributed by atoms with Crippen molar-refractivity contribution in [1.29, 1.82) is 0 Å². The van der Waals surface area contributed by atoms with E-state index in [1.807, 2.05) is 0 Å². The molecule has 1 aliphatic carbocycles. The van der Waals surface area contributed by atoms with Crippen molar-refractivity contribution >= 4 is 12.0 Å². The molecule has 1 aliphatic rings. The molecule has 5 nitrogen and oxygen atoms in total. The lowest BCUT2D eigenvalue weighted by atomic mass is 9.79. The molecule has 3 unspecified atom stereocenters. The summed E-state index contributed by atoms with van der Waals surface area (Å²) in [5.41, 5.74) is 0. The standard InChI is InChI=1S/C12H22N2O3/c1-7-4-5-10(6-8(7)2)14-12(17)13-9(3)11(15)16/h7-10H,4-6H2,1-3H3,(H,15,16)(H2,13,14,17)/t7?,8?,9-,10?/m0/s1. The van der Waals surface area contributed by atoms with Crippen LogP contribution in [-0.4, -0.2) is 29.2 Å². The summed E-state index contributed by atoms with van der Waals surface area (Å²) in [4.78, 5) is 22.1. The van der Waals surface area contributed by atoms with Crippen molar-refractivity contribution in [3.63, 3.8) is 0 Å². The Balaban J connectivity index is 2.34. The highest BCUT2D eigenvalue weighted by atomic mass is 16.4. The van der Waals surface area contributed by atoms with E-state index in [0.29, 0.717) is 11.8 Å². The first-order chi connectivity index (χ1) is 7.90. The fraction of sp³-hybridized carbons (Fsp3) is 0.833. The number of carbonyl (C=O) groups excluding carboxylic acids is 1. The Morgan fingerprint density at radius 1 is 1.24 bits per heavy atom. The average molecular weight is 242 g/mol. The SMILES string of the molecule is CC1CCC(NC(=O)N[C@@H](C)C(=O)O)CC1C. The number of rotatable bonds is 3. The molecule has 4 atom stereocenters. The van der Waals surface area contributed by atoms with Gasteiger partial charge in [0.05, 0.1) is 0 Å². The fourth-order valence-corrected chi connectivity index (χ4v) is 2.16. The maximum Gasteiger partial charge on any atom is 0.325 e. The molecule has 1 fully saturated rings. The van der Waals surface area contributed by atoms with Gasteiger partial charge in [0.2, 0.25) is 0 Å². The summed E-state index contributed by atoms with van der Waals surface area (Å²) in [5, 5.41) is 13.9. The van der Waals surface area contributed by atoms with Crippen LogP contribution < -0.4 is 10.6 Å². The minimum absolute atomic E-state index is 0.169. The molecule has 0 aliphatic heterocycles. The molecule has 0 bridgehead atoms. The molecule has 17 heavy (non-hydrogen) atoms. The van der Waals surface area contributed by atoms with E-state index in [0.717, 1.165) is 19.3 Å². The van der Waals surface area contributed by atoms with Gasteiger partial charge in [0.1, 0.15) is 6.04 Å². The van der Waals surface area contributed by atoms with Crippen LogP contribution in [0.25, 0.3) is 0 Å². The Hall–Kier alpha value is -1.26. The van der Waals surface area contributed by atoms with E-state index >= 15 is 0 Å². The topological polar surface area (TPSA) is 78.4 Å². The van der Waals surface area contributed by atoms with E-state index in [2.05, 4.69) is 24.5 Å². The number of amides is 2. The van der Waals surface area contributed by atoms with E-state index in [4.69, 9.17) is 5.11 Å². The lowest BCUT2D eigenvalue weighted by Gasteiger charge is -2.32. The molecule has 3 N–H and O–H groups in total. The Kier molecular flexibility index (Phi) is 4.78. The van der Waals surface area contributed by atoms with Crippen molar-refractivity contribution in [2.24, 2.45) is 11.8 Å². The van der Waals surface area contributed by atoms with E-state index in [1.54, 1.807) is 0 Å². The summed E-state index contributed by atoms with van der Waals surface area (Å²) in [6.07, 6.45) is 3.05. The molecule has 0 aromatic carbocycles. The molecule has 0 spiro atoms. The highest BCUT2D eigenvalue weighted by molar-refractivity contribution is 5.82. The van der Waals surface area contributed by atoms with Gasteiger partial charge in [-0.15, -0.1) is 0 Å². The van der Waals surface area contributed by atoms with Gasteiger partial charge in [-0.05, 0) is 38.0 Å². The lowest BCUT2D eigenvalue weighted by Crippen LogP contribution is -2.49. The van der Waals surface area contributed by atoms with E-state index in [1.165, 1.54) is 6.92 Å². The third-order valence-electron chi connectivity index (χ3n) is 3.65. The van der Waals surface area contributed by atoms with Crippen LogP contribution in [0.5, 0.6) is 0 Å². The van der Waals surface area contributed by atoms with Gasteiger partial charge in [-0.1, -0.05) is 13.8 Å². The Labute approximate surface area is 102 Å². The Morgan fingerprint density at radius 3 is 2.41 bits per heavy atom. The second-order valence-electron chi connectivity index (χ2n) is 5.14. The van der Waals surface area contributed by atoms with Crippen LogP contribution in [0, 0.1) is 11.8 Å². The van der Waals surface area contributed by atoms with E-state index in [9.17, 15) is 9.59 Å². The molecule has 0 radical (unpaired) electrons. The second kappa shape index (κ2) is 5.89. The molecule has 1 saturated carbocycles. The van der Waals surface area contributed by atoms with Crippen LogP contribution >= 0.6 is 0 Å². The number of carboxylic acids is 1. The van der Waals surface area contributed by atoms with Crippen LogP contribution in [0.3, 0.4) is 0 Å². The normalized spacial score (nSPS) is 30.4. The van der Waals surface area contributed by atoms with Crippen LogP contribution in [0.15, 0.2) is 0 Å². The molecule has 0 aromatic heterocycles. The zero-order valence-electron chi connectivity index (χ0n) is 10.7. The van der Waals surface area contributed by atoms with Crippen molar-refractivity contribution in [1.82, 2.24) is 10.6 Å². The molecule has 0 saturated heterocycles. The highest BCUT2D eigenvalue weighted by Crippen LogP contribution is 2.29. The molecule has 0 heterocycles. The van der Waals surface area contributed by atoms with Crippen LogP contribution in [0.1, 0.15) is 40.0 Å². The molecule has 5 heteroatoms. The number of hydrogen-bond acceptors (Lipinski definition) is 2. The summed E-state index contributed by atoms with van der Waals surface area (Å²) >= 11 is 0. The summed E-state index contributed by atoms with van der Waals surface area (Å²) in [5.74, 6) is 0.283. The summed E-state index contributed by atoms with van der Waals surface area (Å²) < 4.78 is 0.